The van der Waals surface area contributed by atoms with Crippen molar-refractivity contribution in [3.63, 3.8) is 0 Å². The van der Waals surface area contributed by atoms with Gasteiger partial charge in [0.1, 0.15) is 0 Å². The van der Waals surface area contributed by atoms with E-state index >= 15 is 0 Å². The quantitative estimate of drug-likeness (QED) is 0.813. The van der Waals surface area contributed by atoms with E-state index < -0.39 is 0 Å². The Morgan fingerprint density at radius 1 is 1.47 bits per heavy atom. The highest BCUT2D eigenvalue weighted by Crippen LogP contribution is 2.19. The highest BCUT2D eigenvalue weighted by molar-refractivity contribution is 5.95. The van der Waals surface area contributed by atoms with E-state index in [1.165, 1.54) is 25.7 Å². The second-order valence-corrected chi connectivity index (χ2v) is 4.89. The Balaban J connectivity index is 1.97. The molecule has 3 heteroatoms. The van der Waals surface area contributed by atoms with Gasteiger partial charge in [-0.3, -0.25) is 9.69 Å². The van der Waals surface area contributed by atoms with Crippen molar-refractivity contribution >= 4 is 5.78 Å². The van der Waals surface area contributed by atoms with E-state index in [1.54, 1.807) is 0 Å². The lowest BCUT2D eigenvalue weighted by Gasteiger charge is -2.28. The molecule has 0 spiro atoms. The number of likely N-dealkylation sites (tertiary alicyclic amines) is 1. The van der Waals surface area contributed by atoms with Crippen molar-refractivity contribution in [2.45, 2.75) is 45.1 Å². The number of carbonyl (C=O) groups excluding carboxylic acids is 1. The molecule has 0 aliphatic carbocycles. The monoisotopic (exact) mass is 234 g/mol. The minimum Gasteiger partial charge on any atom is -0.359 e. The van der Waals surface area contributed by atoms with Crippen molar-refractivity contribution < 1.29 is 4.79 Å². The first kappa shape index (κ1) is 12.4. The topological polar surface area (TPSA) is 36.1 Å². The van der Waals surface area contributed by atoms with Crippen molar-refractivity contribution in [2.24, 2.45) is 0 Å². The lowest BCUT2D eigenvalue weighted by Crippen LogP contribution is -2.38. The average Bonchev–Trinajstić information content (AvgIpc) is 2.78. The summed E-state index contributed by atoms with van der Waals surface area (Å²) >= 11 is 0. The molecule has 1 unspecified atom stereocenters. The Morgan fingerprint density at radius 3 is 3.06 bits per heavy atom. The number of hydrogen-bond acceptors (Lipinski definition) is 2. The van der Waals surface area contributed by atoms with Crippen LogP contribution in [0.2, 0.25) is 0 Å². The molecule has 1 aliphatic rings. The standard InChI is InChI=1S/C14H22N2O/c1-2-12-7-4-3-5-10-16(12)11-14(17)13-8-6-9-15-13/h6,8-9,12,15H,2-5,7,10-11H2,1H3. The summed E-state index contributed by atoms with van der Waals surface area (Å²) in [5.74, 6) is 0.218. The van der Waals surface area contributed by atoms with Crippen LogP contribution in [0.25, 0.3) is 0 Å². The molecule has 0 radical (unpaired) electrons. The van der Waals surface area contributed by atoms with Crippen LogP contribution in [-0.4, -0.2) is 34.8 Å². The fourth-order valence-corrected chi connectivity index (χ4v) is 2.68. The van der Waals surface area contributed by atoms with E-state index in [-0.39, 0.29) is 5.78 Å². The second-order valence-electron chi connectivity index (χ2n) is 4.89. The fourth-order valence-electron chi connectivity index (χ4n) is 2.68. The molecule has 1 saturated heterocycles. The molecule has 0 saturated carbocycles. The summed E-state index contributed by atoms with van der Waals surface area (Å²) in [5, 5.41) is 0. The Kier molecular flexibility index (Phi) is 4.37. The Bertz CT molecular complexity index is 345. The predicted molar refractivity (Wildman–Crippen MR) is 69.2 cm³/mol. The van der Waals surface area contributed by atoms with E-state index in [4.69, 9.17) is 0 Å². The molecule has 0 bridgehead atoms. The predicted octanol–water partition coefficient (Wildman–Crippen LogP) is 2.85. The van der Waals surface area contributed by atoms with Crippen molar-refractivity contribution in [1.82, 2.24) is 9.88 Å². The van der Waals surface area contributed by atoms with E-state index in [2.05, 4.69) is 16.8 Å². The molecule has 17 heavy (non-hydrogen) atoms. The highest BCUT2D eigenvalue weighted by atomic mass is 16.1. The number of nitrogens with zero attached hydrogens (tertiary/aromatic N) is 1. The van der Waals surface area contributed by atoms with Crippen molar-refractivity contribution in [3.05, 3.63) is 24.0 Å². The smallest absolute Gasteiger partial charge is 0.192 e. The molecule has 1 aromatic rings. The molecule has 2 rings (SSSR count). The van der Waals surface area contributed by atoms with Crippen LogP contribution in [0, 0.1) is 0 Å². The molecule has 1 N–H and O–H groups in total. The van der Waals surface area contributed by atoms with Crippen LogP contribution < -0.4 is 0 Å². The van der Waals surface area contributed by atoms with Crippen LogP contribution in [0.15, 0.2) is 18.3 Å². The van der Waals surface area contributed by atoms with Gasteiger partial charge in [-0.25, -0.2) is 0 Å². The normalized spacial score (nSPS) is 22.3. The molecule has 1 aromatic heterocycles. The van der Waals surface area contributed by atoms with Gasteiger partial charge in [0, 0.05) is 12.2 Å². The van der Waals surface area contributed by atoms with Crippen LogP contribution in [0.3, 0.4) is 0 Å². The number of hydrogen-bond donors (Lipinski definition) is 1. The number of aromatic nitrogens is 1. The number of Topliss-reactive ketones (excluding diaryl/α,β-unsaturated/α-hetero) is 1. The summed E-state index contributed by atoms with van der Waals surface area (Å²) in [6, 6.07) is 4.34. The summed E-state index contributed by atoms with van der Waals surface area (Å²) in [6.45, 7) is 3.87. The number of nitrogens with one attached hydrogen (secondary N) is 1. The maximum atomic E-state index is 12.1. The van der Waals surface area contributed by atoms with Crippen LogP contribution in [0.1, 0.15) is 49.5 Å². The number of carbonyl (C=O) groups is 1. The van der Waals surface area contributed by atoms with Gasteiger partial charge in [0.05, 0.1) is 12.2 Å². The molecule has 2 heterocycles. The molecule has 0 aromatic carbocycles. The van der Waals surface area contributed by atoms with Crippen molar-refractivity contribution in [3.8, 4) is 0 Å². The van der Waals surface area contributed by atoms with Gasteiger partial charge in [-0.15, -0.1) is 0 Å². The van der Waals surface area contributed by atoms with Gasteiger partial charge in [-0.1, -0.05) is 19.8 Å². The Hall–Kier alpha value is -1.09. The highest BCUT2D eigenvalue weighted by Gasteiger charge is 2.22. The van der Waals surface area contributed by atoms with Crippen LogP contribution in [0.5, 0.6) is 0 Å². The third kappa shape index (κ3) is 3.19. The van der Waals surface area contributed by atoms with Gasteiger partial charge in [0.2, 0.25) is 0 Å². The molecule has 1 atom stereocenters. The number of ketones is 1. The van der Waals surface area contributed by atoms with Gasteiger partial charge in [-0.2, -0.15) is 0 Å². The summed E-state index contributed by atoms with van der Waals surface area (Å²) in [6.07, 6.45) is 8.06. The third-order valence-corrected chi connectivity index (χ3v) is 3.72. The summed E-state index contributed by atoms with van der Waals surface area (Å²) in [4.78, 5) is 17.4. The molecule has 1 aliphatic heterocycles. The zero-order chi connectivity index (χ0) is 12.1. The number of H-pyrrole nitrogens is 1. The van der Waals surface area contributed by atoms with Gasteiger partial charge in [-0.05, 0) is 37.9 Å². The van der Waals surface area contributed by atoms with E-state index in [0.29, 0.717) is 12.6 Å². The largest absolute Gasteiger partial charge is 0.359 e. The first-order chi connectivity index (χ1) is 8.31. The second kappa shape index (κ2) is 6.01. The van der Waals surface area contributed by atoms with E-state index in [1.807, 2.05) is 18.3 Å². The maximum absolute atomic E-state index is 12.1. The minimum absolute atomic E-state index is 0.218. The first-order valence-electron chi connectivity index (χ1n) is 6.72. The molecule has 0 amide bonds. The van der Waals surface area contributed by atoms with E-state index in [0.717, 1.165) is 18.7 Å². The number of rotatable bonds is 4. The molecule has 94 valence electrons. The first-order valence-corrected chi connectivity index (χ1v) is 6.72. The van der Waals surface area contributed by atoms with Crippen molar-refractivity contribution in [2.75, 3.05) is 13.1 Å². The summed E-state index contributed by atoms with van der Waals surface area (Å²) in [5.41, 5.74) is 0.740. The van der Waals surface area contributed by atoms with Gasteiger partial charge >= 0.3 is 0 Å². The zero-order valence-corrected chi connectivity index (χ0v) is 10.6. The zero-order valence-electron chi connectivity index (χ0n) is 10.6. The summed E-state index contributed by atoms with van der Waals surface area (Å²) < 4.78 is 0. The van der Waals surface area contributed by atoms with Gasteiger partial charge in [0.25, 0.3) is 0 Å². The lowest BCUT2D eigenvalue weighted by atomic mass is 10.1. The minimum atomic E-state index is 0.218. The average molecular weight is 234 g/mol. The summed E-state index contributed by atoms with van der Waals surface area (Å²) in [7, 11) is 0. The maximum Gasteiger partial charge on any atom is 0.192 e. The van der Waals surface area contributed by atoms with E-state index in [9.17, 15) is 4.79 Å². The molecule has 1 fully saturated rings. The lowest BCUT2D eigenvalue weighted by molar-refractivity contribution is 0.0886. The van der Waals surface area contributed by atoms with Crippen molar-refractivity contribution in [1.29, 1.82) is 0 Å². The van der Waals surface area contributed by atoms with Crippen LogP contribution in [0.4, 0.5) is 0 Å². The Labute approximate surface area is 103 Å². The van der Waals surface area contributed by atoms with Gasteiger partial charge < -0.3 is 4.98 Å². The van der Waals surface area contributed by atoms with Crippen LogP contribution >= 0.6 is 0 Å². The molecule has 3 nitrogen and oxygen atoms in total. The SMILES string of the molecule is CCC1CCCCCN1CC(=O)c1ccc[nH]1. The Morgan fingerprint density at radius 2 is 2.35 bits per heavy atom. The third-order valence-electron chi connectivity index (χ3n) is 3.72. The number of aromatic amines is 1. The van der Waals surface area contributed by atoms with Gasteiger partial charge in [0.15, 0.2) is 5.78 Å². The molecular weight excluding hydrogens is 212 g/mol. The van der Waals surface area contributed by atoms with Crippen LogP contribution in [-0.2, 0) is 0 Å². The molecular formula is C14H22N2O. The fraction of sp³-hybridized carbons (Fsp3) is 0.643.